The summed E-state index contributed by atoms with van der Waals surface area (Å²) < 4.78 is 27.0. The SMILES string of the molecule is COC(=O)C(=NNc1ccc(C)cc1)S(C)(=O)=O. The summed E-state index contributed by atoms with van der Waals surface area (Å²) >= 11 is 0. The van der Waals surface area contributed by atoms with E-state index < -0.39 is 20.9 Å². The van der Waals surface area contributed by atoms with Gasteiger partial charge >= 0.3 is 5.97 Å². The fraction of sp³-hybridized carbons (Fsp3) is 0.273. The third-order valence-electron chi connectivity index (χ3n) is 2.05. The first-order chi connectivity index (χ1) is 8.34. The Hall–Kier alpha value is -1.89. The van der Waals surface area contributed by atoms with Crippen LogP contribution in [-0.2, 0) is 19.4 Å². The van der Waals surface area contributed by atoms with E-state index in [0.29, 0.717) is 5.69 Å². The van der Waals surface area contributed by atoms with E-state index in [0.717, 1.165) is 18.9 Å². The van der Waals surface area contributed by atoms with Crippen LogP contribution in [0.3, 0.4) is 0 Å². The molecule has 0 bridgehead atoms. The van der Waals surface area contributed by atoms with E-state index in [9.17, 15) is 13.2 Å². The van der Waals surface area contributed by atoms with Gasteiger partial charge in [-0.1, -0.05) is 17.7 Å². The number of sulfone groups is 1. The first-order valence-corrected chi connectivity index (χ1v) is 6.92. The van der Waals surface area contributed by atoms with Crippen LogP contribution in [0.4, 0.5) is 5.69 Å². The Morgan fingerprint density at radius 3 is 2.28 bits per heavy atom. The molecule has 6 nitrogen and oxygen atoms in total. The van der Waals surface area contributed by atoms with Crippen molar-refractivity contribution in [2.24, 2.45) is 5.10 Å². The molecule has 0 spiro atoms. The predicted octanol–water partition coefficient (Wildman–Crippen LogP) is 0.938. The monoisotopic (exact) mass is 270 g/mol. The number of aryl methyl sites for hydroxylation is 1. The number of benzene rings is 1. The molecule has 1 rings (SSSR count). The zero-order chi connectivity index (χ0) is 13.8. The van der Waals surface area contributed by atoms with E-state index in [1.807, 2.05) is 19.1 Å². The van der Waals surface area contributed by atoms with Crippen LogP contribution in [0.2, 0.25) is 0 Å². The highest BCUT2D eigenvalue weighted by Crippen LogP contribution is 2.08. The lowest BCUT2D eigenvalue weighted by Crippen LogP contribution is -2.25. The standard InChI is InChI=1S/C11H14N2O4S/c1-8-4-6-9(7-5-8)12-13-10(11(14)17-2)18(3,15)16/h4-7,12H,1-3H3. The molecule has 7 heteroatoms. The molecular formula is C11H14N2O4S. The number of nitrogens with one attached hydrogen (secondary N) is 1. The lowest BCUT2D eigenvalue weighted by Gasteiger charge is -2.04. The van der Waals surface area contributed by atoms with Gasteiger partial charge in [0.15, 0.2) is 0 Å². The minimum atomic E-state index is -3.74. The topological polar surface area (TPSA) is 84.8 Å². The molecular weight excluding hydrogens is 256 g/mol. The van der Waals surface area contributed by atoms with Crippen molar-refractivity contribution in [3.8, 4) is 0 Å². The molecule has 0 heterocycles. The number of hydrogen-bond acceptors (Lipinski definition) is 6. The maximum atomic E-state index is 11.3. The van der Waals surface area contributed by atoms with Crippen molar-refractivity contribution in [2.75, 3.05) is 18.8 Å². The van der Waals surface area contributed by atoms with Crippen molar-refractivity contribution in [2.45, 2.75) is 6.92 Å². The van der Waals surface area contributed by atoms with Gasteiger partial charge in [0.05, 0.1) is 12.8 Å². The van der Waals surface area contributed by atoms with Crippen LogP contribution >= 0.6 is 0 Å². The quantitative estimate of drug-likeness (QED) is 0.374. The van der Waals surface area contributed by atoms with Crippen LogP contribution in [0.5, 0.6) is 0 Å². The molecule has 0 saturated heterocycles. The van der Waals surface area contributed by atoms with Gasteiger partial charge in [-0.3, -0.25) is 5.43 Å². The molecule has 0 aliphatic rings. The summed E-state index contributed by atoms with van der Waals surface area (Å²) in [7, 11) is -2.65. The number of hydrazone groups is 1. The molecule has 0 radical (unpaired) electrons. The van der Waals surface area contributed by atoms with Crippen molar-refractivity contribution in [3.63, 3.8) is 0 Å². The molecule has 1 aromatic rings. The molecule has 0 saturated carbocycles. The minimum Gasteiger partial charge on any atom is -0.464 e. The van der Waals surface area contributed by atoms with E-state index >= 15 is 0 Å². The van der Waals surface area contributed by atoms with E-state index in [1.165, 1.54) is 0 Å². The summed E-state index contributed by atoms with van der Waals surface area (Å²) in [4.78, 5) is 11.3. The molecule has 0 fully saturated rings. The Labute approximate surface area is 106 Å². The van der Waals surface area contributed by atoms with Crippen molar-refractivity contribution < 1.29 is 17.9 Å². The zero-order valence-electron chi connectivity index (χ0n) is 10.3. The summed E-state index contributed by atoms with van der Waals surface area (Å²) in [6.45, 7) is 1.92. The largest absolute Gasteiger partial charge is 0.464 e. The maximum Gasteiger partial charge on any atom is 0.370 e. The van der Waals surface area contributed by atoms with Crippen molar-refractivity contribution in [1.29, 1.82) is 0 Å². The Bertz CT molecular complexity index is 561. The maximum absolute atomic E-state index is 11.3. The molecule has 0 aromatic heterocycles. The predicted molar refractivity (Wildman–Crippen MR) is 69.1 cm³/mol. The fourth-order valence-electron chi connectivity index (χ4n) is 1.11. The minimum absolute atomic E-state index is 0.575. The molecule has 0 aliphatic carbocycles. The number of ether oxygens (including phenoxy) is 1. The Morgan fingerprint density at radius 1 is 1.28 bits per heavy atom. The van der Waals surface area contributed by atoms with Gasteiger partial charge in [0.2, 0.25) is 9.84 Å². The second-order valence-corrected chi connectivity index (χ2v) is 5.59. The van der Waals surface area contributed by atoms with Gasteiger partial charge < -0.3 is 4.74 Å². The smallest absolute Gasteiger partial charge is 0.370 e. The van der Waals surface area contributed by atoms with Crippen molar-refractivity contribution >= 4 is 26.5 Å². The van der Waals surface area contributed by atoms with Gasteiger partial charge in [-0.05, 0) is 19.1 Å². The molecule has 0 aliphatic heterocycles. The third-order valence-corrected chi connectivity index (χ3v) is 3.01. The van der Waals surface area contributed by atoms with Crippen LogP contribution < -0.4 is 5.43 Å². The van der Waals surface area contributed by atoms with Crippen LogP contribution in [-0.4, -0.2) is 32.8 Å². The van der Waals surface area contributed by atoms with Crippen molar-refractivity contribution in [1.82, 2.24) is 0 Å². The fourth-order valence-corrected chi connectivity index (χ4v) is 1.71. The van der Waals surface area contributed by atoms with Crippen LogP contribution in [0.15, 0.2) is 29.4 Å². The number of rotatable bonds is 2. The van der Waals surface area contributed by atoms with Crippen molar-refractivity contribution in [3.05, 3.63) is 29.8 Å². The highest BCUT2D eigenvalue weighted by Gasteiger charge is 2.23. The number of anilines is 1. The molecule has 1 N–H and O–H groups in total. The first-order valence-electron chi connectivity index (χ1n) is 5.03. The Kier molecular flexibility index (Phi) is 4.43. The second kappa shape index (κ2) is 5.63. The summed E-state index contributed by atoms with van der Waals surface area (Å²) in [5, 5.41) is 2.91. The zero-order valence-corrected chi connectivity index (χ0v) is 11.1. The van der Waals surface area contributed by atoms with Gasteiger partial charge in [-0.2, -0.15) is 5.10 Å². The third kappa shape index (κ3) is 3.85. The normalized spacial score (nSPS) is 12.1. The lowest BCUT2D eigenvalue weighted by molar-refractivity contribution is -0.132. The molecule has 98 valence electrons. The lowest BCUT2D eigenvalue weighted by atomic mass is 10.2. The number of carbonyl (C=O) groups excluding carboxylic acids is 1. The van der Waals surface area contributed by atoms with E-state index in [1.54, 1.807) is 12.1 Å². The van der Waals surface area contributed by atoms with E-state index in [-0.39, 0.29) is 0 Å². The number of nitrogens with zero attached hydrogens (tertiary/aromatic N) is 1. The summed E-state index contributed by atoms with van der Waals surface area (Å²) in [5.74, 6) is -1.00. The van der Waals surface area contributed by atoms with E-state index in [4.69, 9.17) is 0 Å². The van der Waals surface area contributed by atoms with Gasteiger partial charge in [-0.15, -0.1) is 0 Å². The van der Waals surface area contributed by atoms with Crippen LogP contribution in [0, 0.1) is 6.92 Å². The van der Waals surface area contributed by atoms with Gasteiger partial charge in [0.1, 0.15) is 0 Å². The Balaban J connectivity index is 2.98. The molecule has 0 atom stereocenters. The van der Waals surface area contributed by atoms with E-state index in [2.05, 4.69) is 15.3 Å². The number of carbonyl (C=O) groups is 1. The highest BCUT2D eigenvalue weighted by molar-refractivity contribution is 8.07. The molecule has 0 unspecified atom stereocenters. The second-order valence-electron chi connectivity index (χ2n) is 3.66. The number of methoxy groups -OCH3 is 1. The summed E-state index contributed by atoms with van der Waals surface area (Å²) in [6.07, 6.45) is 0.888. The molecule has 18 heavy (non-hydrogen) atoms. The molecule has 0 amide bonds. The highest BCUT2D eigenvalue weighted by atomic mass is 32.2. The Morgan fingerprint density at radius 2 is 1.83 bits per heavy atom. The summed E-state index contributed by atoms with van der Waals surface area (Å²) in [6, 6.07) is 7.10. The summed E-state index contributed by atoms with van der Waals surface area (Å²) in [5.41, 5.74) is 4.13. The number of hydrogen-bond donors (Lipinski definition) is 1. The first kappa shape index (κ1) is 14.2. The van der Waals surface area contributed by atoms with Gasteiger partial charge in [0.25, 0.3) is 5.04 Å². The van der Waals surface area contributed by atoms with Gasteiger partial charge in [-0.25, -0.2) is 13.2 Å². The average molecular weight is 270 g/mol. The van der Waals surface area contributed by atoms with Gasteiger partial charge in [0, 0.05) is 6.26 Å². The van der Waals surface area contributed by atoms with Crippen LogP contribution in [0.25, 0.3) is 0 Å². The number of esters is 1. The average Bonchev–Trinajstić information content (AvgIpc) is 2.29. The van der Waals surface area contributed by atoms with Crippen LogP contribution in [0.1, 0.15) is 5.56 Å². The molecule has 1 aromatic carbocycles.